The summed E-state index contributed by atoms with van der Waals surface area (Å²) in [6.45, 7) is 5.37. The summed E-state index contributed by atoms with van der Waals surface area (Å²) >= 11 is 0. The van der Waals surface area contributed by atoms with Gasteiger partial charge in [0, 0.05) is 17.5 Å². The van der Waals surface area contributed by atoms with Crippen LogP contribution in [0.3, 0.4) is 0 Å². The van der Waals surface area contributed by atoms with Gasteiger partial charge in [-0.25, -0.2) is 32.3 Å². The minimum Gasteiger partial charge on any atom is -0.493 e. The lowest BCUT2D eigenvalue weighted by Gasteiger charge is -2.29. The van der Waals surface area contributed by atoms with Gasteiger partial charge in [-0.05, 0) is 74.2 Å². The molecule has 1 aliphatic heterocycles. The molecule has 0 spiro atoms. The molecule has 0 saturated carbocycles. The molecule has 0 fully saturated rings. The Morgan fingerprint density at radius 3 is 2.25 bits per heavy atom. The summed E-state index contributed by atoms with van der Waals surface area (Å²) in [6.07, 6.45) is -2.55. The van der Waals surface area contributed by atoms with E-state index in [1.165, 1.54) is 30.3 Å². The molecule has 2 heterocycles. The molecule has 0 radical (unpaired) electrons. The number of carbonyl (C=O) groups excluding carboxylic acids is 1. The van der Waals surface area contributed by atoms with Gasteiger partial charge in [-0.3, -0.25) is 0 Å². The SMILES string of the molecule is CC(C)(C)OC(=O)c1ccc(-c2cc(C(F)(F)F)ccc2C2CCOc3cc(S(=O)(=O)Nc4ncc(F)cn4)ccc32)cc1. The third-order valence-corrected chi connectivity index (χ3v) is 8.09. The fourth-order valence-corrected chi connectivity index (χ4v) is 5.79. The highest BCUT2D eigenvalue weighted by atomic mass is 32.2. The van der Waals surface area contributed by atoms with E-state index >= 15 is 0 Å². The van der Waals surface area contributed by atoms with Crippen LogP contribution in [0, 0.1) is 5.82 Å². The van der Waals surface area contributed by atoms with E-state index in [1.807, 2.05) is 0 Å². The second kappa shape index (κ2) is 11.5. The Labute approximate surface area is 251 Å². The molecule has 4 aromatic rings. The predicted molar refractivity (Wildman–Crippen MR) is 153 cm³/mol. The summed E-state index contributed by atoms with van der Waals surface area (Å²) in [5.74, 6) is -1.81. The summed E-state index contributed by atoms with van der Waals surface area (Å²) < 4.78 is 93.8. The topological polar surface area (TPSA) is 107 Å². The zero-order chi connectivity index (χ0) is 31.9. The highest BCUT2D eigenvalue weighted by Crippen LogP contribution is 2.44. The van der Waals surface area contributed by atoms with Gasteiger partial charge in [-0.1, -0.05) is 24.3 Å². The van der Waals surface area contributed by atoms with Gasteiger partial charge in [0.25, 0.3) is 10.0 Å². The van der Waals surface area contributed by atoms with Crippen LogP contribution in [0.4, 0.5) is 23.5 Å². The average Bonchev–Trinajstić information content (AvgIpc) is 2.96. The molecule has 230 valence electrons. The van der Waals surface area contributed by atoms with E-state index in [9.17, 15) is 30.8 Å². The molecule has 5 rings (SSSR count). The van der Waals surface area contributed by atoms with Crippen molar-refractivity contribution in [1.82, 2.24) is 9.97 Å². The maximum absolute atomic E-state index is 13.8. The number of nitrogens with zero attached hydrogens (tertiary/aromatic N) is 2. The van der Waals surface area contributed by atoms with Crippen LogP contribution in [0.5, 0.6) is 5.75 Å². The van der Waals surface area contributed by atoms with E-state index in [2.05, 4.69) is 14.7 Å². The monoisotopic (exact) mass is 629 g/mol. The van der Waals surface area contributed by atoms with Gasteiger partial charge in [-0.2, -0.15) is 13.2 Å². The first-order valence-corrected chi connectivity index (χ1v) is 14.9. The zero-order valence-electron chi connectivity index (χ0n) is 23.8. The molecule has 0 aliphatic carbocycles. The molecule has 1 N–H and O–H groups in total. The Morgan fingerprint density at radius 2 is 1.61 bits per heavy atom. The van der Waals surface area contributed by atoms with Crippen LogP contribution in [-0.4, -0.2) is 36.6 Å². The summed E-state index contributed by atoms with van der Waals surface area (Å²) in [5.41, 5.74) is 0.608. The van der Waals surface area contributed by atoms with Crippen molar-refractivity contribution in [3.8, 4) is 16.9 Å². The second-order valence-corrected chi connectivity index (χ2v) is 12.8. The van der Waals surface area contributed by atoms with Gasteiger partial charge in [0.15, 0.2) is 5.82 Å². The van der Waals surface area contributed by atoms with Crippen molar-refractivity contribution in [3.63, 3.8) is 0 Å². The largest absolute Gasteiger partial charge is 0.493 e. The number of fused-ring (bicyclic) bond motifs is 1. The second-order valence-electron chi connectivity index (χ2n) is 11.1. The highest BCUT2D eigenvalue weighted by molar-refractivity contribution is 7.92. The molecule has 1 unspecified atom stereocenters. The number of esters is 1. The average molecular weight is 630 g/mol. The number of halogens is 4. The van der Waals surface area contributed by atoms with E-state index in [0.717, 1.165) is 24.5 Å². The van der Waals surface area contributed by atoms with E-state index in [-0.39, 0.29) is 28.8 Å². The van der Waals surface area contributed by atoms with Crippen LogP contribution in [0.15, 0.2) is 78.0 Å². The minimum atomic E-state index is -4.60. The number of hydrogen-bond donors (Lipinski definition) is 1. The van der Waals surface area contributed by atoms with Crippen LogP contribution in [0.1, 0.15) is 60.2 Å². The number of rotatable bonds is 6. The summed E-state index contributed by atoms with van der Waals surface area (Å²) in [7, 11) is -4.18. The van der Waals surface area contributed by atoms with Crippen molar-refractivity contribution in [1.29, 1.82) is 0 Å². The Kier molecular flexibility index (Phi) is 8.10. The van der Waals surface area contributed by atoms with Crippen molar-refractivity contribution < 1.29 is 40.2 Å². The van der Waals surface area contributed by atoms with Gasteiger partial charge in [0.1, 0.15) is 11.4 Å². The van der Waals surface area contributed by atoms with Crippen LogP contribution < -0.4 is 9.46 Å². The Hall–Kier alpha value is -4.52. The molecule has 1 aliphatic rings. The van der Waals surface area contributed by atoms with Gasteiger partial charge in [-0.15, -0.1) is 0 Å². The van der Waals surface area contributed by atoms with Crippen LogP contribution in [0.25, 0.3) is 11.1 Å². The molecule has 1 aromatic heterocycles. The van der Waals surface area contributed by atoms with E-state index in [4.69, 9.17) is 9.47 Å². The first-order chi connectivity index (χ1) is 20.6. The number of aromatic nitrogens is 2. The molecule has 0 saturated heterocycles. The van der Waals surface area contributed by atoms with Crippen molar-refractivity contribution in [2.24, 2.45) is 0 Å². The maximum atomic E-state index is 13.8. The summed E-state index contributed by atoms with van der Waals surface area (Å²) in [6, 6.07) is 13.8. The molecule has 0 amide bonds. The molecule has 13 heteroatoms. The van der Waals surface area contributed by atoms with E-state index < -0.39 is 45.1 Å². The van der Waals surface area contributed by atoms with Gasteiger partial charge >= 0.3 is 12.1 Å². The van der Waals surface area contributed by atoms with Crippen molar-refractivity contribution >= 4 is 21.9 Å². The van der Waals surface area contributed by atoms with Gasteiger partial charge in [0.2, 0.25) is 5.95 Å². The maximum Gasteiger partial charge on any atom is 0.416 e. The minimum absolute atomic E-state index is 0.171. The number of benzene rings is 3. The lowest BCUT2D eigenvalue weighted by atomic mass is 9.82. The van der Waals surface area contributed by atoms with Crippen LogP contribution in [0.2, 0.25) is 0 Å². The quantitative estimate of drug-likeness (QED) is 0.181. The molecule has 44 heavy (non-hydrogen) atoms. The number of carbonyl (C=O) groups is 1. The molecular weight excluding hydrogens is 602 g/mol. The Bertz CT molecular complexity index is 1800. The third-order valence-electron chi connectivity index (χ3n) is 6.77. The molecular formula is C31H27F4N3O5S. The van der Waals surface area contributed by atoms with Gasteiger partial charge in [0.05, 0.1) is 35.0 Å². The highest BCUT2D eigenvalue weighted by Gasteiger charge is 2.33. The van der Waals surface area contributed by atoms with E-state index in [1.54, 1.807) is 39.0 Å². The Balaban J connectivity index is 1.52. The van der Waals surface area contributed by atoms with Gasteiger partial charge < -0.3 is 9.47 Å². The Morgan fingerprint density at radius 1 is 0.955 bits per heavy atom. The fraction of sp³-hybridized carbons (Fsp3) is 0.258. The van der Waals surface area contributed by atoms with Crippen molar-refractivity contribution in [2.45, 2.75) is 49.8 Å². The first-order valence-electron chi connectivity index (χ1n) is 13.4. The third kappa shape index (κ3) is 6.83. The number of sulfonamides is 1. The number of nitrogens with one attached hydrogen (secondary N) is 1. The van der Waals surface area contributed by atoms with Crippen molar-refractivity contribution in [3.05, 3.63) is 101 Å². The number of hydrogen-bond acceptors (Lipinski definition) is 7. The predicted octanol–water partition coefficient (Wildman–Crippen LogP) is 6.97. The lowest BCUT2D eigenvalue weighted by Crippen LogP contribution is -2.23. The van der Waals surface area contributed by atoms with E-state index in [0.29, 0.717) is 28.7 Å². The first kappa shape index (κ1) is 30.9. The fourth-order valence-electron chi connectivity index (χ4n) is 4.81. The molecule has 1 atom stereocenters. The van der Waals surface area contributed by atoms with Crippen LogP contribution in [-0.2, 0) is 20.9 Å². The summed E-state index contributed by atoms with van der Waals surface area (Å²) in [5, 5.41) is 0. The summed E-state index contributed by atoms with van der Waals surface area (Å²) in [4.78, 5) is 19.6. The smallest absolute Gasteiger partial charge is 0.416 e. The number of ether oxygens (including phenoxy) is 2. The molecule has 3 aromatic carbocycles. The lowest BCUT2D eigenvalue weighted by molar-refractivity contribution is -0.137. The number of anilines is 1. The normalized spacial score (nSPS) is 15.2. The number of alkyl halides is 3. The standard InChI is InChI=1S/C31H27F4N3O5S/c1-30(2,3)43-28(39)19-6-4-18(5-7-19)26-14-20(31(33,34)35)8-10-23(26)24-12-13-42-27-15-22(9-11-25(24)27)44(40,41)38-29-36-16-21(32)17-37-29/h4-11,14-17,24H,12-13H2,1-3H3,(H,36,37,38). The van der Waals surface area contributed by atoms with Crippen molar-refractivity contribution in [2.75, 3.05) is 11.3 Å². The zero-order valence-corrected chi connectivity index (χ0v) is 24.6. The molecule has 8 nitrogen and oxygen atoms in total. The molecule has 0 bridgehead atoms. The van der Waals surface area contributed by atoms with Crippen LogP contribution >= 0.6 is 0 Å².